The highest BCUT2D eigenvalue weighted by Gasteiger charge is 2.10. The number of H-pyrrole nitrogens is 1. The average Bonchev–Trinajstić information content (AvgIpc) is 2.38. The molecule has 0 saturated carbocycles. The van der Waals surface area contributed by atoms with Crippen molar-refractivity contribution in [2.45, 2.75) is 6.42 Å². The highest BCUT2D eigenvalue weighted by Crippen LogP contribution is 2.14. The van der Waals surface area contributed by atoms with Crippen molar-refractivity contribution in [2.75, 3.05) is 6.54 Å². The maximum absolute atomic E-state index is 12.0. The molecule has 4 nitrogen and oxygen atoms in total. The predicted molar refractivity (Wildman–Crippen MR) is 70.4 cm³/mol. The van der Waals surface area contributed by atoms with Gasteiger partial charge in [0.05, 0.1) is 5.56 Å². The van der Waals surface area contributed by atoms with Gasteiger partial charge in [-0.2, -0.15) is 0 Å². The number of hydrogen-bond acceptors (Lipinski definition) is 2. The van der Waals surface area contributed by atoms with Crippen LogP contribution in [0.25, 0.3) is 10.9 Å². The number of amides is 1. The molecule has 0 spiro atoms. The maximum Gasteiger partial charge on any atom is 0.252 e. The van der Waals surface area contributed by atoms with E-state index in [-0.39, 0.29) is 11.5 Å². The summed E-state index contributed by atoms with van der Waals surface area (Å²) in [4.78, 5) is 26.1. The second kappa shape index (κ2) is 5.19. The van der Waals surface area contributed by atoms with Gasteiger partial charge in [-0.15, -0.1) is 12.3 Å². The Bertz CT molecular complexity index is 680. The molecule has 90 valence electrons. The van der Waals surface area contributed by atoms with E-state index < -0.39 is 0 Å². The first-order valence-corrected chi connectivity index (χ1v) is 5.56. The Kier molecular flexibility index (Phi) is 3.44. The third-order valence-corrected chi connectivity index (χ3v) is 2.55. The Morgan fingerprint density at radius 2 is 2.17 bits per heavy atom. The Labute approximate surface area is 104 Å². The van der Waals surface area contributed by atoms with Crippen LogP contribution in [-0.4, -0.2) is 17.4 Å². The number of fused-ring (bicyclic) bond motifs is 1. The van der Waals surface area contributed by atoms with Crippen LogP contribution in [0.5, 0.6) is 0 Å². The third kappa shape index (κ3) is 2.41. The summed E-state index contributed by atoms with van der Waals surface area (Å²) in [5.41, 5.74) is 0.717. The van der Waals surface area contributed by atoms with E-state index in [1.54, 1.807) is 18.2 Å². The summed E-state index contributed by atoms with van der Waals surface area (Å²) in [5.74, 6) is 2.16. The molecular formula is C14H12N2O2. The largest absolute Gasteiger partial charge is 0.351 e. The molecule has 0 aliphatic carbocycles. The summed E-state index contributed by atoms with van der Waals surface area (Å²) >= 11 is 0. The van der Waals surface area contributed by atoms with Crippen LogP contribution in [0.4, 0.5) is 0 Å². The fraction of sp³-hybridized carbons (Fsp3) is 0.143. The van der Waals surface area contributed by atoms with E-state index in [0.29, 0.717) is 24.0 Å². The molecule has 0 atom stereocenters. The van der Waals surface area contributed by atoms with Crippen molar-refractivity contribution in [1.29, 1.82) is 0 Å². The normalized spacial score (nSPS) is 9.94. The second-order valence-corrected chi connectivity index (χ2v) is 3.80. The van der Waals surface area contributed by atoms with E-state index in [1.807, 2.05) is 6.07 Å². The Morgan fingerprint density at radius 3 is 2.94 bits per heavy atom. The monoisotopic (exact) mass is 240 g/mol. The van der Waals surface area contributed by atoms with Crippen LogP contribution in [0.1, 0.15) is 16.8 Å². The molecule has 18 heavy (non-hydrogen) atoms. The third-order valence-electron chi connectivity index (χ3n) is 2.55. The zero-order valence-corrected chi connectivity index (χ0v) is 9.69. The molecule has 1 aromatic carbocycles. The molecule has 2 rings (SSSR count). The molecule has 0 aliphatic heterocycles. The number of benzene rings is 1. The summed E-state index contributed by atoms with van der Waals surface area (Å²) in [6.07, 6.45) is 5.58. The number of rotatable bonds is 3. The highest BCUT2D eigenvalue weighted by atomic mass is 16.2. The van der Waals surface area contributed by atoms with E-state index in [4.69, 9.17) is 6.42 Å². The van der Waals surface area contributed by atoms with Gasteiger partial charge in [-0.3, -0.25) is 9.59 Å². The lowest BCUT2D eigenvalue weighted by atomic mass is 10.1. The van der Waals surface area contributed by atoms with Gasteiger partial charge in [-0.1, -0.05) is 18.2 Å². The molecule has 0 fully saturated rings. The molecule has 1 amide bonds. The number of nitrogens with one attached hydrogen (secondary N) is 2. The van der Waals surface area contributed by atoms with Crippen molar-refractivity contribution in [1.82, 2.24) is 10.3 Å². The molecule has 0 unspecified atom stereocenters. The van der Waals surface area contributed by atoms with Gasteiger partial charge in [0.25, 0.3) is 5.91 Å². The van der Waals surface area contributed by atoms with Gasteiger partial charge in [0.1, 0.15) is 0 Å². The summed E-state index contributed by atoms with van der Waals surface area (Å²) < 4.78 is 0. The average molecular weight is 240 g/mol. The first-order valence-electron chi connectivity index (χ1n) is 5.56. The molecular weight excluding hydrogens is 228 g/mol. The number of hydrogen-bond donors (Lipinski definition) is 2. The second-order valence-electron chi connectivity index (χ2n) is 3.80. The van der Waals surface area contributed by atoms with Crippen LogP contribution in [0, 0.1) is 12.3 Å². The molecule has 0 aliphatic rings. The van der Waals surface area contributed by atoms with Crippen molar-refractivity contribution in [3.63, 3.8) is 0 Å². The van der Waals surface area contributed by atoms with Gasteiger partial charge in [-0.05, 0) is 6.07 Å². The fourth-order valence-electron chi connectivity index (χ4n) is 1.74. The Balaban J connectivity index is 2.41. The number of para-hydroxylation sites is 1. The van der Waals surface area contributed by atoms with Gasteiger partial charge in [0.15, 0.2) is 0 Å². The van der Waals surface area contributed by atoms with Gasteiger partial charge in [0.2, 0.25) is 5.56 Å². The number of carbonyl (C=O) groups excluding carboxylic acids is 1. The summed E-state index contributed by atoms with van der Waals surface area (Å²) in [6.45, 7) is 0.399. The van der Waals surface area contributed by atoms with Crippen molar-refractivity contribution in [3.8, 4) is 12.3 Å². The van der Waals surface area contributed by atoms with Crippen molar-refractivity contribution < 1.29 is 4.79 Å². The lowest BCUT2D eigenvalue weighted by molar-refractivity contribution is 0.0956. The minimum absolute atomic E-state index is 0.285. The maximum atomic E-state index is 12.0. The molecule has 1 aromatic heterocycles. The number of terminal acetylenes is 1. The lowest BCUT2D eigenvalue weighted by Crippen LogP contribution is -2.26. The Morgan fingerprint density at radius 1 is 1.39 bits per heavy atom. The number of aromatic nitrogens is 1. The molecule has 0 saturated heterocycles. The van der Waals surface area contributed by atoms with E-state index >= 15 is 0 Å². The quantitative estimate of drug-likeness (QED) is 0.627. The standard InChI is InChI=1S/C14H12N2O2/c1-2-3-8-15-14(18)11-9-13(17)16-12-7-5-4-6-10(11)12/h1,4-7,9H,3,8H2,(H,15,18)(H,16,17). The molecule has 4 heteroatoms. The molecule has 2 aromatic rings. The predicted octanol–water partition coefficient (Wildman–Crippen LogP) is 1.28. The molecule has 0 radical (unpaired) electrons. The summed E-state index contributed by atoms with van der Waals surface area (Å²) in [5, 5.41) is 3.40. The SMILES string of the molecule is C#CCCNC(=O)c1cc(=O)[nH]c2ccccc12. The van der Waals surface area contributed by atoms with E-state index in [0.717, 1.165) is 5.39 Å². The summed E-state index contributed by atoms with van der Waals surface area (Å²) in [7, 11) is 0. The first-order chi connectivity index (χ1) is 8.72. The van der Waals surface area contributed by atoms with E-state index in [1.165, 1.54) is 6.07 Å². The van der Waals surface area contributed by atoms with Crippen molar-refractivity contribution in [3.05, 3.63) is 46.2 Å². The molecule has 0 bridgehead atoms. The minimum atomic E-state index is -0.296. The number of carbonyl (C=O) groups is 1. The lowest BCUT2D eigenvalue weighted by Gasteiger charge is -2.06. The highest BCUT2D eigenvalue weighted by molar-refractivity contribution is 6.05. The van der Waals surface area contributed by atoms with E-state index in [2.05, 4.69) is 16.2 Å². The van der Waals surface area contributed by atoms with Crippen LogP contribution in [0.2, 0.25) is 0 Å². The van der Waals surface area contributed by atoms with Gasteiger partial charge in [-0.25, -0.2) is 0 Å². The zero-order chi connectivity index (χ0) is 13.0. The minimum Gasteiger partial charge on any atom is -0.351 e. The van der Waals surface area contributed by atoms with Crippen molar-refractivity contribution in [2.24, 2.45) is 0 Å². The van der Waals surface area contributed by atoms with Gasteiger partial charge < -0.3 is 10.3 Å². The smallest absolute Gasteiger partial charge is 0.252 e. The van der Waals surface area contributed by atoms with E-state index in [9.17, 15) is 9.59 Å². The number of aromatic amines is 1. The topological polar surface area (TPSA) is 62.0 Å². The number of pyridine rings is 1. The van der Waals surface area contributed by atoms with Crippen LogP contribution < -0.4 is 10.9 Å². The van der Waals surface area contributed by atoms with Crippen LogP contribution >= 0.6 is 0 Å². The van der Waals surface area contributed by atoms with Crippen molar-refractivity contribution >= 4 is 16.8 Å². The van der Waals surface area contributed by atoms with Crippen LogP contribution in [0.3, 0.4) is 0 Å². The van der Waals surface area contributed by atoms with Crippen LogP contribution in [0.15, 0.2) is 35.1 Å². The molecule has 2 N–H and O–H groups in total. The van der Waals surface area contributed by atoms with Gasteiger partial charge >= 0.3 is 0 Å². The van der Waals surface area contributed by atoms with Gasteiger partial charge in [0, 0.05) is 29.9 Å². The van der Waals surface area contributed by atoms with Crippen LogP contribution in [-0.2, 0) is 0 Å². The fourth-order valence-corrected chi connectivity index (χ4v) is 1.74. The molecule has 1 heterocycles. The summed E-state index contributed by atoms with van der Waals surface area (Å²) in [6, 6.07) is 8.47. The first kappa shape index (κ1) is 11.9. The zero-order valence-electron chi connectivity index (χ0n) is 9.69. The Hall–Kier alpha value is -2.54.